The Balaban J connectivity index is 1.99. The minimum Gasteiger partial charge on any atom is -0.379 e. The summed E-state index contributed by atoms with van der Waals surface area (Å²) in [4.78, 5) is 4.42. The molecule has 0 aromatic carbocycles. The SMILES string of the molecule is CCNCc1cccnc1SC1COC1. The molecule has 15 heavy (non-hydrogen) atoms. The second-order valence-electron chi connectivity index (χ2n) is 3.53. The first-order chi connectivity index (χ1) is 7.40. The van der Waals surface area contributed by atoms with Gasteiger partial charge in [-0.25, -0.2) is 4.98 Å². The molecular weight excluding hydrogens is 208 g/mol. The minimum atomic E-state index is 0.597. The van der Waals surface area contributed by atoms with Gasteiger partial charge in [-0.1, -0.05) is 24.8 Å². The molecule has 0 spiro atoms. The summed E-state index contributed by atoms with van der Waals surface area (Å²) in [5, 5.41) is 5.07. The molecule has 0 amide bonds. The summed E-state index contributed by atoms with van der Waals surface area (Å²) >= 11 is 1.83. The Morgan fingerprint density at radius 3 is 3.13 bits per heavy atom. The summed E-state index contributed by atoms with van der Waals surface area (Å²) in [5.41, 5.74) is 1.29. The van der Waals surface area contributed by atoms with Crippen LogP contribution in [0, 0.1) is 0 Å². The number of ether oxygens (including phenoxy) is 1. The molecule has 2 rings (SSSR count). The molecule has 0 atom stereocenters. The van der Waals surface area contributed by atoms with E-state index in [-0.39, 0.29) is 0 Å². The average Bonchev–Trinajstić information content (AvgIpc) is 2.22. The smallest absolute Gasteiger partial charge is 0.101 e. The van der Waals surface area contributed by atoms with Crippen LogP contribution in [0.15, 0.2) is 23.4 Å². The Hall–Kier alpha value is -0.580. The molecular formula is C11H16N2OS. The van der Waals surface area contributed by atoms with E-state index in [1.807, 2.05) is 24.0 Å². The van der Waals surface area contributed by atoms with E-state index in [0.29, 0.717) is 5.25 Å². The highest BCUT2D eigenvalue weighted by molar-refractivity contribution is 8.00. The number of pyridine rings is 1. The van der Waals surface area contributed by atoms with Crippen LogP contribution in [0.1, 0.15) is 12.5 Å². The Bertz CT molecular complexity index is 315. The van der Waals surface area contributed by atoms with Gasteiger partial charge in [-0.3, -0.25) is 0 Å². The van der Waals surface area contributed by atoms with Crippen molar-refractivity contribution in [2.45, 2.75) is 23.7 Å². The van der Waals surface area contributed by atoms with E-state index in [4.69, 9.17) is 4.74 Å². The fraction of sp³-hybridized carbons (Fsp3) is 0.545. The molecule has 1 aromatic rings. The average molecular weight is 224 g/mol. The van der Waals surface area contributed by atoms with Crippen molar-refractivity contribution in [2.24, 2.45) is 0 Å². The van der Waals surface area contributed by atoms with Crippen molar-refractivity contribution in [3.63, 3.8) is 0 Å². The Kier molecular flexibility index (Phi) is 4.00. The summed E-state index contributed by atoms with van der Waals surface area (Å²) in [6.45, 7) is 5.73. The maximum absolute atomic E-state index is 5.16. The number of rotatable bonds is 5. The van der Waals surface area contributed by atoms with Crippen molar-refractivity contribution in [1.82, 2.24) is 10.3 Å². The van der Waals surface area contributed by atoms with E-state index in [1.165, 1.54) is 5.56 Å². The Morgan fingerprint density at radius 1 is 1.60 bits per heavy atom. The van der Waals surface area contributed by atoms with Crippen LogP contribution in [0.3, 0.4) is 0 Å². The second-order valence-corrected chi connectivity index (χ2v) is 4.81. The summed E-state index contributed by atoms with van der Waals surface area (Å²) in [6, 6.07) is 4.13. The molecule has 1 N–H and O–H groups in total. The fourth-order valence-electron chi connectivity index (χ4n) is 1.36. The molecule has 0 unspecified atom stereocenters. The van der Waals surface area contributed by atoms with Gasteiger partial charge in [-0.2, -0.15) is 0 Å². The Morgan fingerprint density at radius 2 is 2.47 bits per heavy atom. The van der Waals surface area contributed by atoms with E-state index in [2.05, 4.69) is 23.3 Å². The highest BCUT2D eigenvalue weighted by Gasteiger charge is 2.21. The summed E-state index contributed by atoms with van der Waals surface area (Å²) in [6.07, 6.45) is 1.86. The van der Waals surface area contributed by atoms with Crippen molar-refractivity contribution < 1.29 is 4.74 Å². The fourth-order valence-corrected chi connectivity index (χ4v) is 2.42. The molecule has 1 fully saturated rings. The molecule has 0 radical (unpaired) electrons. The molecule has 82 valence electrons. The molecule has 0 aliphatic carbocycles. The topological polar surface area (TPSA) is 34.2 Å². The normalized spacial score (nSPS) is 16.3. The zero-order chi connectivity index (χ0) is 10.5. The number of hydrogen-bond acceptors (Lipinski definition) is 4. The molecule has 1 aliphatic heterocycles. The zero-order valence-electron chi connectivity index (χ0n) is 8.90. The van der Waals surface area contributed by atoms with Gasteiger partial charge in [0.1, 0.15) is 5.03 Å². The molecule has 4 heteroatoms. The third-order valence-corrected chi connectivity index (χ3v) is 3.50. The van der Waals surface area contributed by atoms with Crippen molar-refractivity contribution in [3.8, 4) is 0 Å². The lowest BCUT2D eigenvalue weighted by Crippen LogP contribution is -2.30. The van der Waals surface area contributed by atoms with Gasteiger partial charge in [-0.15, -0.1) is 0 Å². The van der Waals surface area contributed by atoms with Crippen LogP contribution in [0.5, 0.6) is 0 Å². The van der Waals surface area contributed by atoms with Crippen LogP contribution < -0.4 is 5.32 Å². The van der Waals surface area contributed by atoms with Crippen molar-refractivity contribution in [3.05, 3.63) is 23.9 Å². The van der Waals surface area contributed by atoms with Gasteiger partial charge in [0, 0.05) is 12.7 Å². The third-order valence-electron chi connectivity index (χ3n) is 2.30. The highest BCUT2D eigenvalue weighted by atomic mass is 32.2. The molecule has 2 heterocycles. The maximum atomic E-state index is 5.16. The van der Waals surface area contributed by atoms with Crippen LogP contribution in [-0.4, -0.2) is 30.0 Å². The van der Waals surface area contributed by atoms with Crippen molar-refractivity contribution in [2.75, 3.05) is 19.8 Å². The van der Waals surface area contributed by atoms with E-state index in [9.17, 15) is 0 Å². The summed E-state index contributed by atoms with van der Waals surface area (Å²) in [7, 11) is 0. The quantitative estimate of drug-likeness (QED) is 0.825. The first-order valence-electron chi connectivity index (χ1n) is 5.29. The molecule has 0 bridgehead atoms. The van der Waals surface area contributed by atoms with Crippen molar-refractivity contribution in [1.29, 1.82) is 0 Å². The first-order valence-corrected chi connectivity index (χ1v) is 6.17. The summed E-state index contributed by atoms with van der Waals surface area (Å²) < 4.78 is 5.16. The van der Waals surface area contributed by atoms with Crippen LogP contribution >= 0.6 is 11.8 Å². The minimum absolute atomic E-state index is 0.597. The van der Waals surface area contributed by atoms with Crippen LogP contribution in [0.4, 0.5) is 0 Å². The number of nitrogens with zero attached hydrogens (tertiary/aromatic N) is 1. The van der Waals surface area contributed by atoms with Gasteiger partial charge < -0.3 is 10.1 Å². The number of nitrogens with one attached hydrogen (secondary N) is 1. The lowest BCUT2D eigenvalue weighted by Gasteiger charge is -2.25. The standard InChI is InChI=1S/C11H16N2OS/c1-2-12-6-9-4-3-5-13-11(9)15-10-7-14-8-10/h3-5,10,12H,2,6-8H2,1H3. The summed E-state index contributed by atoms with van der Waals surface area (Å²) in [5.74, 6) is 0. The highest BCUT2D eigenvalue weighted by Crippen LogP contribution is 2.28. The number of hydrogen-bond donors (Lipinski definition) is 1. The van der Waals surface area contributed by atoms with E-state index in [0.717, 1.165) is 31.3 Å². The van der Waals surface area contributed by atoms with Gasteiger partial charge in [0.15, 0.2) is 0 Å². The van der Waals surface area contributed by atoms with Crippen LogP contribution in [0.2, 0.25) is 0 Å². The molecule has 1 saturated heterocycles. The van der Waals surface area contributed by atoms with Gasteiger partial charge in [0.05, 0.1) is 18.5 Å². The third kappa shape index (κ3) is 2.93. The number of aromatic nitrogens is 1. The van der Waals surface area contributed by atoms with Gasteiger partial charge in [0.25, 0.3) is 0 Å². The lowest BCUT2D eigenvalue weighted by atomic mass is 10.3. The van der Waals surface area contributed by atoms with Gasteiger partial charge in [0.2, 0.25) is 0 Å². The zero-order valence-corrected chi connectivity index (χ0v) is 9.72. The number of thioether (sulfide) groups is 1. The van der Waals surface area contributed by atoms with E-state index in [1.54, 1.807) is 0 Å². The van der Waals surface area contributed by atoms with Crippen LogP contribution in [-0.2, 0) is 11.3 Å². The lowest BCUT2D eigenvalue weighted by molar-refractivity contribution is 0.0454. The van der Waals surface area contributed by atoms with Crippen LogP contribution in [0.25, 0.3) is 0 Å². The van der Waals surface area contributed by atoms with Gasteiger partial charge in [-0.05, 0) is 18.2 Å². The maximum Gasteiger partial charge on any atom is 0.101 e. The predicted octanol–water partition coefficient (Wildman–Crippen LogP) is 1.68. The van der Waals surface area contributed by atoms with Gasteiger partial charge >= 0.3 is 0 Å². The van der Waals surface area contributed by atoms with E-state index >= 15 is 0 Å². The predicted molar refractivity (Wildman–Crippen MR) is 62.1 cm³/mol. The van der Waals surface area contributed by atoms with E-state index < -0.39 is 0 Å². The molecule has 3 nitrogen and oxygen atoms in total. The largest absolute Gasteiger partial charge is 0.379 e. The Labute approximate surface area is 94.6 Å². The second kappa shape index (κ2) is 5.49. The monoisotopic (exact) mass is 224 g/mol. The molecule has 1 aliphatic rings. The molecule has 0 saturated carbocycles. The molecule has 1 aromatic heterocycles. The van der Waals surface area contributed by atoms with Crippen molar-refractivity contribution >= 4 is 11.8 Å². The first kappa shape index (κ1) is 10.9.